The molecule has 0 aliphatic heterocycles. The zero-order chi connectivity index (χ0) is 9.23. The van der Waals surface area contributed by atoms with E-state index in [-0.39, 0.29) is 52.7 Å². The van der Waals surface area contributed by atoms with Gasteiger partial charge in [-0.3, -0.25) is 6.92 Å². The van der Waals surface area contributed by atoms with E-state index in [0.29, 0.717) is 0 Å². The predicted octanol–water partition coefficient (Wildman–Crippen LogP) is 1.64. The van der Waals surface area contributed by atoms with Crippen molar-refractivity contribution in [2.45, 2.75) is 45.8 Å². The maximum Gasteiger partial charge on any atom is 2.00 e. The van der Waals surface area contributed by atoms with Crippen molar-refractivity contribution >= 4 is 46.4 Å². The fourth-order valence-electron chi connectivity index (χ4n) is 0.766. The van der Waals surface area contributed by atoms with Gasteiger partial charge in [0, 0.05) is 19.5 Å². The number of unbranched alkanes of at least 4 members (excludes halogenated alkanes) is 2. The van der Waals surface area contributed by atoms with Crippen LogP contribution >= 0.6 is 12.4 Å². The molecule has 0 fully saturated rings. The summed E-state index contributed by atoms with van der Waals surface area (Å²) in [5, 5.41) is 0. The molecular formula is C10H25ClMgO2Si. The molecule has 0 aromatic heterocycles. The zero-order valence-corrected chi connectivity index (χ0v) is 14.7. The summed E-state index contributed by atoms with van der Waals surface area (Å²) in [5.74, 6) is 0. The first kappa shape index (κ1) is 25.1. The molecule has 0 aliphatic rings. The molecule has 0 amide bonds. The van der Waals surface area contributed by atoms with Crippen LogP contribution in [0.4, 0.5) is 0 Å². The molecule has 2 nitrogen and oxygen atoms in total. The number of halogens is 1. The Kier molecular flexibility index (Phi) is 34.5. The molecule has 90 valence electrons. The van der Waals surface area contributed by atoms with Crippen LogP contribution in [0.2, 0.25) is 0 Å². The zero-order valence-electron chi connectivity index (χ0n) is 10.5. The summed E-state index contributed by atoms with van der Waals surface area (Å²) in [6, 6.07) is 0. The Morgan fingerprint density at radius 1 is 1.00 bits per heavy atom. The Hall–Kier alpha value is 1.19. The molecule has 0 rings (SSSR count). The summed E-state index contributed by atoms with van der Waals surface area (Å²) < 4.78 is 10.6. The summed E-state index contributed by atoms with van der Waals surface area (Å²) in [6.45, 7) is 9.54. The summed E-state index contributed by atoms with van der Waals surface area (Å²) in [5.41, 5.74) is 0. The minimum absolute atomic E-state index is 0. The molecule has 0 saturated heterocycles. The van der Waals surface area contributed by atoms with E-state index in [1.54, 1.807) is 0 Å². The number of hydrogen-bond acceptors (Lipinski definition) is 2. The summed E-state index contributed by atoms with van der Waals surface area (Å²) in [7, 11) is 0. The Labute approximate surface area is 121 Å². The van der Waals surface area contributed by atoms with E-state index in [4.69, 9.17) is 9.47 Å². The van der Waals surface area contributed by atoms with Gasteiger partial charge in [-0.15, -0.1) is 12.4 Å². The summed E-state index contributed by atoms with van der Waals surface area (Å²) in [4.78, 5) is 0. The first-order chi connectivity index (χ1) is 5.81. The second-order valence-electron chi connectivity index (χ2n) is 2.88. The van der Waals surface area contributed by atoms with Gasteiger partial charge < -0.3 is 20.4 Å². The molecule has 0 aromatic carbocycles. The molecule has 0 atom stereocenters. The molecule has 0 saturated carbocycles. The number of hydrogen-bond donors (Lipinski definition) is 0. The standard InChI is InChI=1S/C10H21O2.ClH.Mg.H3Si/c1-4-6-8-11-10(3)12-9-7-5-2;;;/h10H,3-9H2,1-2H3;1H;;1H3/q-1;;+2;-1. The fourth-order valence-corrected chi connectivity index (χ4v) is 0.766. The molecule has 0 unspecified atom stereocenters. The van der Waals surface area contributed by atoms with Gasteiger partial charge in [-0.2, -0.15) is 0 Å². The van der Waals surface area contributed by atoms with E-state index in [0.717, 1.165) is 38.9 Å². The second-order valence-corrected chi connectivity index (χ2v) is 2.88. The van der Waals surface area contributed by atoms with E-state index in [1.807, 2.05) is 0 Å². The van der Waals surface area contributed by atoms with Crippen LogP contribution in [0.25, 0.3) is 0 Å². The first-order valence-electron chi connectivity index (χ1n) is 4.87. The molecular weight excluding hydrogens is 240 g/mol. The first-order valence-corrected chi connectivity index (χ1v) is 4.87. The predicted molar refractivity (Wildman–Crippen MR) is 73.8 cm³/mol. The minimum Gasteiger partial charge on any atom is -0.384 e. The normalized spacial score (nSPS) is 8.80. The van der Waals surface area contributed by atoms with Gasteiger partial charge >= 0.3 is 23.1 Å². The SMILES string of the molecule is Cl.[CH2-]C(OCCCC)OCCCC.[Mg+2].[SiH3-]. The molecule has 0 heterocycles. The van der Waals surface area contributed by atoms with Crippen LogP contribution in [0.15, 0.2) is 0 Å². The van der Waals surface area contributed by atoms with Gasteiger partial charge in [0.15, 0.2) is 0 Å². The smallest absolute Gasteiger partial charge is 0.384 e. The van der Waals surface area contributed by atoms with Crippen molar-refractivity contribution in [1.82, 2.24) is 0 Å². The fraction of sp³-hybridized carbons (Fsp3) is 0.900. The van der Waals surface area contributed by atoms with Crippen molar-refractivity contribution in [3.05, 3.63) is 6.92 Å². The maximum absolute atomic E-state index is 5.30. The average Bonchev–Trinajstić information content (AvgIpc) is 2.06. The monoisotopic (exact) mass is 264 g/mol. The molecule has 15 heavy (non-hydrogen) atoms. The van der Waals surface area contributed by atoms with E-state index < -0.39 is 0 Å². The van der Waals surface area contributed by atoms with Crippen molar-refractivity contribution in [3.63, 3.8) is 0 Å². The van der Waals surface area contributed by atoms with Gasteiger partial charge in [0.2, 0.25) is 0 Å². The Bertz CT molecular complexity index is 89.5. The van der Waals surface area contributed by atoms with Gasteiger partial charge in [-0.25, -0.2) is 0 Å². The second kappa shape index (κ2) is 20.6. The Morgan fingerprint density at radius 2 is 1.33 bits per heavy atom. The van der Waals surface area contributed by atoms with Crippen LogP contribution in [0.3, 0.4) is 0 Å². The minimum atomic E-state index is -0.275. The van der Waals surface area contributed by atoms with Crippen LogP contribution in [-0.4, -0.2) is 53.5 Å². The topological polar surface area (TPSA) is 18.5 Å². The molecule has 0 N–H and O–H groups in total. The average molecular weight is 265 g/mol. The van der Waals surface area contributed by atoms with Crippen LogP contribution in [0.1, 0.15) is 39.5 Å². The van der Waals surface area contributed by atoms with E-state index in [2.05, 4.69) is 20.8 Å². The maximum atomic E-state index is 5.30. The van der Waals surface area contributed by atoms with Crippen LogP contribution in [0, 0.1) is 6.92 Å². The van der Waals surface area contributed by atoms with Gasteiger partial charge in [0.1, 0.15) is 0 Å². The van der Waals surface area contributed by atoms with Crippen LogP contribution < -0.4 is 0 Å². The van der Waals surface area contributed by atoms with Gasteiger partial charge in [0.05, 0.1) is 0 Å². The molecule has 0 bridgehead atoms. The Balaban J connectivity index is -0.000000202. The molecule has 0 aliphatic carbocycles. The van der Waals surface area contributed by atoms with E-state index >= 15 is 0 Å². The molecule has 0 aromatic rings. The number of ether oxygens (including phenoxy) is 2. The number of rotatable bonds is 8. The molecule has 0 spiro atoms. The summed E-state index contributed by atoms with van der Waals surface area (Å²) in [6.07, 6.45) is 4.21. The van der Waals surface area contributed by atoms with Crippen molar-refractivity contribution in [3.8, 4) is 0 Å². The van der Waals surface area contributed by atoms with Crippen LogP contribution in [-0.2, 0) is 9.47 Å². The largest absolute Gasteiger partial charge is 2.00 e. The van der Waals surface area contributed by atoms with Gasteiger partial charge in [0.25, 0.3) is 0 Å². The third-order valence-corrected chi connectivity index (χ3v) is 1.60. The molecule has 0 radical (unpaired) electrons. The third-order valence-electron chi connectivity index (χ3n) is 1.60. The van der Waals surface area contributed by atoms with Crippen molar-refractivity contribution < 1.29 is 9.47 Å². The van der Waals surface area contributed by atoms with Gasteiger partial charge in [-0.1, -0.05) is 26.7 Å². The van der Waals surface area contributed by atoms with Crippen molar-refractivity contribution in [2.24, 2.45) is 0 Å². The van der Waals surface area contributed by atoms with Crippen molar-refractivity contribution in [1.29, 1.82) is 0 Å². The van der Waals surface area contributed by atoms with E-state index in [1.165, 1.54) is 0 Å². The quantitative estimate of drug-likeness (QED) is 0.287. The van der Waals surface area contributed by atoms with Crippen LogP contribution in [0.5, 0.6) is 0 Å². The van der Waals surface area contributed by atoms with Gasteiger partial charge in [-0.05, 0) is 12.8 Å². The van der Waals surface area contributed by atoms with E-state index in [9.17, 15) is 0 Å². The Morgan fingerprint density at radius 3 is 1.60 bits per heavy atom. The summed E-state index contributed by atoms with van der Waals surface area (Å²) >= 11 is 0. The third kappa shape index (κ3) is 21.1. The van der Waals surface area contributed by atoms with Crippen molar-refractivity contribution in [2.75, 3.05) is 13.2 Å². The molecule has 5 heteroatoms.